The summed E-state index contributed by atoms with van der Waals surface area (Å²) in [6.07, 6.45) is 17.6. The molecule has 186 valence electrons. The monoisotopic (exact) mass is 470 g/mol. The molecule has 2 aromatic rings. The standard InChI is InChI=1S/C17H22O.C16H20O/c1-18-16-4-2-15(3-5-16)17-9-12-6-13(10-17)8-14(7-12)11-17;17-15-3-1-14(2-4-15)16-8-11-5-12(9-16)7-13(6-11)10-16/h2-5,12-14H,6-11H2,1H3;1-4,11-13,17H,5-10H2. The van der Waals surface area contributed by atoms with Gasteiger partial charge in [-0.2, -0.15) is 0 Å². The quantitative estimate of drug-likeness (QED) is 0.492. The number of phenols is 1. The van der Waals surface area contributed by atoms with Crippen molar-refractivity contribution in [1.82, 2.24) is 0 Å². The van der Waals surface area contributed by atoms with Crippen LogP contribution >= 0.6 is 0 Å². The fraction of sp³-hybridized carbons (Fsp3) is 0.636. The van der Waals surface area contributed by atoms with Crippen LogP contribution in [0.25, 0.3) is 0 Å². The molecule has 2 nitrogen and oxygen atoms in total. The molecule has 8 bridgehead atoms. The summed E-state index contributed by atoms with van der Waals surface area (Å²) in [5.74, 6) is 7.46. The van der Waals surface area contributed by atoms with Crippen LogP contribution in [0.1, 0.15) is 88.2 Å². The minimum absolute atomic E-state index is 0.401. The highest BCUT2D eigenvalue weighted by Gasteiger charge is 2.52. The molecule has 8 fully saturated rings. The van der Waals surface area contributed by atoms with E-state index in [0.29, 0.717) is 16.6 Å². The van der Waals surface area contributed by atoms with Crippen LogP contribution in [-0.4, -0.2) is 12.2 Å². The molecule has 1 N–H and O–H groups in total. The third kappa shape index (κ3) is 3.91. The van der Waals surface area contributed by atoms with E-state index in [4.69, 9.17) is 4.74 Å². The molecule has 8 aliphatic rings. The van der Waals surface area contributed by atoms with Crippen molar-refractivity contribution in [1.29, 1.82) is 0 Å². The first kappa shape index (κ1) is 22.3. The Balaban J connectivity index is 0.000000120. The Morgan fingerprint density at radius 2 is 0.857 bits per heavy atom. The van der Waals surface area contributed by atoms with E-state index >= 15 is 0 Å². The van der Waals surface area contributed by atoms with Gasteiger partial charge in [-0.25, -0.2) is 0 Å². The number of hydrogen-bond donors (Lipinski definition) is 1. The Bertz CT molecular complexity index is 979. The van der Waals surface area contributed by atoms with Gasteiger partial charge in [-0.15, -0.1) is 0 Å². The molecule has 2 aromatic carbocycles. The number of benzene rings is 2. The van der Waals surface area contributed by atoms with Gasteiger partial charge in [-0.3, -0.25) is 0 Å². The number of phenolic OH excluding ortho intramolecular Hbond substituents is 1. The van der Waals surface area contributed by atoms with Crippen molar-refractivity contribution in [2.45, 2.75) is 87.9 Å². The van der Waals surface area contributed by atoms with Crippen molar-refractivity contribution in [2.75, 3.05) is 7.11 Å². The number of rotatable bonds is 3. The second kappa shape index (κ2) is 8.29. The smallest absolute Gasteiger partial charge is 0.118 e. The first-order valence-electron chi connectivity index (χ1n) is 14.4. The SMILES string of the molecule is COc1ccc(C23CC4CC(CC(C4)C2)C3)cc1.Oc1ccc(C23CC4CC(CC(C4)C2)C3)cc1. The van der Waals surface area contributed by atoms with Crippen molar-refractivity contribution < 1.29 is 9.84 Å². The molecule has 2 heteroatoms. The summed E-state index contributed by atoms with van der Waals surface area (Å²) in [6.45, 7) is 0. The molecule has 35 heavy (non-hydrogen) atoms. The molecule has 0 heterocycles. The highest BCUT2D eigenvalue weighted by atomic mass is 16.5. The first-order valence-corrected chi connectivity index (χ1v) is 14.4. The van der Waals surface area contributed by atoms with E-state index in [-0.39, 0.29) is 0 Å². The van der Waals surface area contributed by atoms with Gasteiger partial charge in [-0.1, -0.05) is 24.3 Å². The fourth-order valence-corrected chi connectivity index (χ4v) is 10.7. The Labute approximate surface area is 211 Å². The molecule has 0 atom stereocenters. The maximum absolute atomic E-state index is 9.44. The average Bonchev–Trinajstić information content (AvgIpc) is 2.83. The van der Waals surface area contributed by atoms with Gasteiger partial charge in [0, 0.05) is 0 Å². The van der Waals surface area contributed by atoms with E-state index < -0.39 is 0 Å². The predicted octanol–water partition coefficient (Wildman–Crippen LogP) is 8.02. The zero-order valence-electron chi connectivity index (χ0n) is 21.4. The van der Waals surface area contributed by atoms with E-state index in [0.717, 1.165) is 41.3 Å². The highest BCUT2D eigenvalue weighted by Crippen LogP contribution is 2.62. The van der Waals surface area contributed by atoms with Gasteiger partial charge in [0.2, 0.25) is 0 Å². The van der Waals surface area contributed by atoms with Gasteiger partial charge in [0.25, 0.3) is 0 Å². The normalized spacial score (nSPS) is 42.0. The van der Waals surface area contributed by atoms with E-state index in [9.17, 15) is 5.11 Å². The van der Waals surface area contributed by atoms with E-state index in [2.05, 4.69) is 36.4 Å². The summed E-state index contributed by atoms with van der Waals surface area (Å²) < 4.78 is 5.29. The Kier molecular flexibility index (Phi) is 5.27. The molecule has 0 amide bonds. The number of aromatic hydroxyl groups is 1. The molecule has 0 saturated heterocycles. The molecule has 0 aromatic heterocycles. The zero-order chi connectivity index (χ0) is 23.6. The summed E-state index contributed by atoms with van der Waals surface area (Å²) in [5.41, 5.74) is 4.08. The lowest BCUT2D eigenvalue weighted by Crippen LogP contribution is -2.48. The average molecular weight is 471 g/mol. The lowest BCUT2D eigenvalue weighted by Gasteiger charge is -2.57. The number of hydrogen-bond acceptors (Lipinski definition) is 2. The topological polar surface area (TPSA) is 29.5 Å². The second-order valence-electron chi connectivity index (χ2n) is 13.7. The molecular weight excluding hydrogens is 428 g/mol. The van der Waals surface area contributed by atoms with Crippen molar-refractivity contribution in [3.63, 3.8) is 0 Å². The Morgan fingerprint density at radius 3 is 1.17 bits per heavy atom. The highest BCUT2D eigenvalue weighted by molar-refractivity contribution is 5.35. The molecule has 0 unspecified atom stereocenters. The van der Waals surface area contributed by atoms with Crippen molar-refractivity contribution in [3.8, 4) is 11.5 Å². The summed E-state index contributed by atoms with van der Waals surface area (Å²) in [7, 11) is 1.75. The summed E-state index contributed by atoms with van der Waals surface area (Å²) in [6, 6.07) is 17.0. The maximum atomic E-state index is 9.44. The van der Waals surface area contributed by atoms with Crippen LogP contribution < -0.4 is 4.74 Å². The van der Waals surface area contributed by atoms with Crippen LogP contribution in [0.3, 0.4) is 0 Å². The molecule has 8 aliphatic carbocycles. The molecule has 10 rings (SSSR count). The summed E-state index contributed by atoms with van der Waals surface area (Å²) >= 11 is 0. The van der Waals surface area contributed by atoms with Gasteiger partial charge < -0.3 is 9.84 Å². The minimum atomic E-state index is 0.401. The van der Waals surface area contributed by atoms with E-state index in [1.54, 1.807) is 12.7 Å². The Morgan fingerprint density at radius 1 is 0.543 bits per heavy atom. The number of ether oxygens (including phenoxy) is 1. The summed E-state index contributed by atoms with van der Waals surface area (Å²) in [4.78, 5) is 0. The second-order valence-corrected chi connectivity index (χ2v) is 13.7. The molecule has 0 aliphatic heterocycles. The molecular formula is C33H42O2. The predicted molar refractivity (Wildman–Crippen MR) is 141 cm³/mol. The van der Waals surface area contributed by atoms with E-state index in [1.807, 2.05) is 12.1 Å². The lowest BCUT2D eigenvalue weighted by atomic mass is 9.48. The van der Waals surface area contributed by atoms with Gasteiger partial charge in [0.15, 0.2) is 0 Å². The minimum Gasteiger partial charge on any atom is -0.508 e. The molecule has 0 spiro atoms. The van der Waals surface area contributed by atoms with Crippen molar-refractivity contribution in [2.24, 2.45) is 35.5 Å². The van der Waals surface area contributed by atoms with Crippen LogP contribution in [0.15, 0.2) is 48.5 Å². The molecule has 8 saturated carbocycles. The molecule has 0 radical (unpaired) electrons. The van der Waals surface area contributed by atoms with Gasteiger partial charge in [0.05, 0.1) is 7.11 Å². The van der Waals surface area contributed by atoms with Gasteiger partial charge >= 0.3 is 0 Å². The van der Waals surface area contributed by atoms with Crippen LogP contribution in [0.4, 0.5) is 0 Å². The number of methoxy groups -OCH3 is 1. The van der Waals surface area contributed by atoms with Crippen LogP contribution in [0, 0.1) is 35.5 Å². The third-order valence-electron chi connectivity index (χ3n) is 11.3. The summed E-state index contributed by atoms with van der Waals surface area (Å²) in [5, 5.41) is 9.44. The maximum Gasteiger partial charge on any atom is 0.118 e. The van der Waals surface area contributed by atoms with Crippen molar-refractivity contribution >= 4 is 0 Å². The fourth-order valence-electron chi connectivity index (χ4n) is 10.7. The largest absolute Gasteiger partial charge is 0.508 e. The first-order chi connectivity index (χ1) is 17.0. The van der Waals surface area contributed by atoms with Gasteiger partial charge in [0.1, 0.15) is 11.5 Å². The Hall–Kier alpha value is -1.96. The van der Waals surface area contributed by atoms with Gasteiger partial charge in [-0.05, 0) is 159 Å². The zero-order valence-corrected chi connectivity index (χ0v) is 21.4. The van der Waals surface area contributed by atoms with E-state index in [1.165, 1.54) is 82.6 Å². The van der Waals surface area contributed by atoms with Crippen LogP contribution in [0.2, 0.25) is 0 Å². The van der Waals surface area contributed by atoms with Crippen LogP contribution in [-0.2, 0) is 10.8 Å². The van der Waals surface area contributed by atoms with Crippen LogP contribution in [0.5, 0.6) is 11.5 Å². The van der Waals surface area contributed by atoms with Crippen molar-refractivity contribution in [3.05, 3.63) is 59.7 Å². The lowest BCUT2D eigenvalue weighted by molar-refractivity contribution is -0.00532. The third-order valence-corrected chi connectivity index (χ3v) is 11.3.